The highest BCUT2D eigenvalue weighted by atomic mass is 32.2. The number of hydrogen-bond donors (Lipinski definition) is 2. The summed E-state index contributed by atoms with van der Waals surface area (Å²) < 4.78 is 0. The molecular weight excluding hydrogens is 192 g/mol. The predicted octanol–water partition coefficient (Wildman–Crippen LogP) is 1.95. The molecule has 0 rings (SSSR count). The van der Waals surface area contributed by atoms with Gasteiger partial charge < -0.3 is 11.1 Å². The van der Waals surface area contributed by atoms with Crippen molar-refractivity contribution < 1.29 is 0 Å². The van der Waals surface area contributed by atoms with E-state index in [4.69, 9.17) is 5.73 Å². The molecule has 0 bridgehead atoms. The minimum absolute atomic E-state index is 0.604. The summed E-state index contributed by atoms with van der Waals surface area (Å²) in [6, 6.07) is 0.604. The highest BCUT2D eigenvalue weighted by Gasteiger charge is 2.12. The highest BCUT2D eigenvalue weighted by molar-refractivity contribution is 7.99. The van der Waals surface area contributed by atoms with Crippen molar-refractivity contribution in [2.45, 2.75) is 33.7 Å². The van der Waals surface area contributed by atoms with E-state index < -0.39 is 0 Å². The van der Waals surface area contributed by atoms with Crippen molar-refractivity contribution in [3.63, 3.8) is 0 Å². The van der Waals surface area contributed by atoms with E-state index in [9.17, 15) is 0 Å². The Bertz CT molecular complexity index is 128. The number of hydrogen-bond acceptors (Lipinski definition) is 3. The first-order valence-electron chi connectivity index (χ1n) is 5.63. The van der Waals surface area contributed by atoms with Gasteiger partial charge in [0.1, 0.15) is 0 Å². The second kappa shape index (κ2) is 8.57. The lowest BCUT2D eigenvalue weighted by molar-refractivity contribution is 0.360. The van der Waals surface area contributed by atoms with Crippen LogP contribution in [0.4, 0.5) is 0 Å². The zero-order chi connectivity index (χ0) is 11.0. The van der Waals surface area contributed by atoms with E-state index in [1.165, 1.54) is 11.5 Å². The van der Waals surface area contributed by atoms with Crippen LogP contribution in [0.25, 0.3) is 0 Å². The molecule has 2 atom stereocenters. The fourth-order valence-electron chi connectivity index (χ4n) is 1.30. The van der Waals surface area contributed by atoms with E-state index >= 15 is 0 Å². The Hall–Kier alpha value is 0.270. The molecule has 0 amide bonds. The van der Waals surface area contributed by atoms with Gasteiger partial charge in [0.25, 0.3) is 0 Å². The Morgan fingerprint density at radius 3 is 2.36 bits per heavy atom. The SMILES string of the molecule is CCSCC(C)NCC(CN)C(C)C. The summed E-state index contributed by atoms with van der Waals surface area (Å²) in [6.45, 7) is 10.8. The molecular formula is C11H26N2S. The Morgan fingerprint density at radius 2 is 1.93 bits per heavy atom. The van der Waals surface area contributed by atoms with Crippen LogP contribution in [0.1, 0.15) is 27.7 Å². The van der Waals surface area contributed by atoms with Gasteiger partial charge in [-0.2, -0.15) is 11.8 Å². The Balaban J connectivity index is 3.57. The van der Waals surface area contributed by atoms with E-state index in [0.717, 1.165) is 13.1 Å². The molecule has 0 fully saturated rings. The first-order valence-corrected chi connectivity index (χ1v) is 6.78. The molecule has 0 spiro atoms. The summed E-state index contributed by atoms with van der Waals surface area (Å²) >= 11 is 1.99. The van der Waals surface area contributed by atoms with Gasteiger partial charge in [0.05, 0.1) is 0 Å². The molecule has 2 unspecified atom stereocenters. The standard InChI is InChI=1S/C11H26N2S/c1-5-14-8-10(4)13-7-11(6-12)9(2)3/h9-11,13H,5-8,12H2,1-4H3. The molecule has 0 aliphatic carbocycles. The van der Waals surface area contributed by atoms with Crippen molar-refractivity contribution in [1.82, 2.24) is 5.32 Å². The second-order valence-electron chi connectivity index (χ2n) is 4.21. The lowest BCUT2D eigenvalue weighted by Crippen LogP contribution is -2.37. The molecule has 14 heavy (non-hydrogen) atoms. The van der Waals surface area contributed by atoms with Gasteiger partial charge in [-0.15, -0.1) is 0 Å². The molecule has 2 nitrogen and oxygen atoms in total. The van der Waals surface area contributed by atoms with Gasteiger partial charge in [-0.3, -0.25) is 0 Å². The lowest BCUT2D eigenvalue weighted by atomic mass is 9.96. The molecule has 0 aromatic carbocycles. The van der Waals surface area contributed by atoms with Gasteiger partial charge in [-0.25, -0.2) is 0 Å². The molecule has 3 heteroatoms. The monoisotopic (exact) mass is 218 g/mol. The molecule has 0 aliphatic rings. The van der Waals surface area contributed by atoms with Crippen molar-refractivity contribution >= 4 is 11.8 Å². The summed E-state index contributed by atoms with van der Waals surface area (Å²) in [5, 5.41) is 3.55. The molecule has 0 aromatic rings. The van der Waals surface area contributed by atoms with E-state index in [-0.39, 0.29) is 0 Å². The maximum absolute atomic E-state index is 5.71. The van der Waals surface area contributed by atoms with Crippen molar-refractivity contribution in [1.29, 1.82) is 0 Å². The topological polar surface area (TPSA) is 38.0 Å². The van der Waals surface area contributed by atoms with Crippen LogP contribution < -0.4 is 11.1 Å². The zero-order valence-electron chi connectivity index (χ0n) is 10.0. The maximum atomic E-state index is 5.71. The number of rotatable bonds is 8. The molecule has 3 N–H and O–H groups in total. The summed E-state index contributed by atoms with van der Waals surface area (Å²) in [5.74, 6) is 3.70. The number of thioether (sulfide) groups is 1. The van der Waals surface area contributed by atoms with Gasteiger partial charge >= 0.3 is 0 Å². The average Bonchev–Trinajstić information content (AvgIpc) is 2.15. The van der Waals surface area contributed by atoms with Crippen molar-refractivity contribution in [2.75, 3.05) is 24.6 Å². The minimum Gasteiger partial charge on any atom is -0.330 e. The summed E-state index contributed by atoms with van der Waals surface area (Å²) in [6.07, 6.45) is 0. The Kier molecular flexibility index (Phi) is 8.73. The number of nitrogens with two attached hydrogens (primary N) is 1. The van der Waals surface area contributed by atoms with Crippen LogP contribution in [0.5, 0.6) is 0 Å². The smallest absolute Gasteiger partial charge is 0.0130 e. The van der Waals surface area contributed by atoms with Gasteiger partial charge in [0, 0.05) is 11.8 Å². The Morgan fingerprint density at radius 1 is 1.29 bits per heavy atom. The third kappa shape index (κ3) is 6.68. The molecule has 0 aromatic heterocycles. The van der Waals surface area contributed by atoms with Crippen LogP contribution in [0.3, 0.4) is 0 Å². The van der Waals surface area contributed by atoms with Crippen LogP contribution in [-0.4, -0.2) is 30.6 Å². The summed E-state index contributed by atoms with van der Waals surface area (Å²) in [4.78, 5) is 0. The first kappa shape index (κ1) is 14.3. The zero-order valence-corrected chi connectivity index (χ0v) is 10.9. The van der Waals surface area contributed by atoms with E-state index in [1.54, 1.807) is 0 Å². The molecule has 0 saturated carbocycles. The number of nitrogens with one attached hydrogen (secondary N) is 1. The first-order chi connectivity index (χ1) is 6.61. The van der Waals surface area contributed by atoms with Gasteiger partial charge in [0.15, 0.2) is 0 Å². The second-order valence-corrected chi connectivity index (χ2v) is 5.53. The van der Waals surface area contributed by atoms with E-state index in [0.29, 0.717) is 17.9 Å². The van der Waals surface area contributed by atoms with Gasteiger partial charge in [-0.05, 0) is 37.6 Å². The minimum atomic E-state index is 0.604. The predicted molar refractivity (Wildman–Crippen MR) is 67.8 cm³/mol. The van der Waals surface area contributed by atoms with Crippen molar-refractivity contribution in [3.05, 3.63) is 0 Å². The summed E-state index contributed by atoms with van der Waals surface area (Å²) in [7, 11) is 0. The average molecular weight is 218 g/mol. The van der Waals surface area contributed by atoms with Crippen molar-refractivity contribution in [2.24, 2.45) is 17.6 Å². The van der Waals surface area contributed by atoms with Gasteiger partial charge in [-0.1, -0.05) is 20.8 Å². The van der Waals surface area contributed by atoms with E-state index in [2.05, 4.69) is 33.0 Å². The molecule has 0 saturated heterocycles. The molecule has 0 aliphatic heterocycles. The van der Waals surface area contributed by atoms with Crippen LogP contribution in [0.2, 0.25) is 0 Å². The lowest BCUT2D eigenvalue weighted by Gasteiger charge is -2.22. The maximum Gasteiger partial charge on any atom is 0.0130 e. The fraction of sp³-hybridized carbons (Fsp3) is 1.00. The van der Waals surface area contributed by atoms with Crippen molar-refractivity contribution in [3.8, 4) is 0 Å². The molecule has 86 valence electrons. The largest absolute Gasteiger partial charge is 0.330 e. The molecule has 0 heterocycles. The quantitative estimate of drug-likeness (QED) is 0.654. The van der Waals surface area contributed by atoms with Crippen LogP contribution >= 0.6 is 11.8 Å². The van der Waals surface area contributed by atoms with Crippen LogP contribution in [0, 0.1) is 11.8 Å². The van der Waals surface area contributed by atoms with Crippen LogP contribution in [0.15, 0.2) is 0 Å². The van der Waals surface area contributed by atoms with E-state index in [1.807, 2.05) is 11.8 Å². The highest BCUT2D eigenvalue weighted by Crippen LogP contribution is 2.08. The third-order valence-electron chi connectivity index (χ3n) is 2.55. The summed E-state index contributed by atoms with van der Waals surface area (Å²) in [5.41, 5.74) is 5.71. The Labute approximate surface area is 93.4 Å². The molecule has 0 radical (unpaired) electrons. The fourth-order valence-corrected chi connectivity index (χ4v) is 2.00. The normalized spacial score (nSPS) is 15.9. The third-order valence-corrected chi connectivity index (χ3v) is 3.69. The van der Waals surface area contributed by atoms with Gasteiger partial charge in [0.2, 0.25) is 0 Å². The van der Waals surface area contributed by atoms with Crippen LogP contribution in [-0.2, 0) is 0 Å².